The van der Waals surface area contributed by atoms with E-state index in [2.05, 4.69) is 5.10 Å². The summed E-state index contributed by atoms with van der Waals surface area (Å²) in [6, 6.07) is 6.51. The second-order valence-corrected chi connectivity index (χ2v) is 3.52. The van der Waals surface area contributed by atoms with Crippen molar-refractivity contribution in [2.45, 2.75) is 6.18 Å². The van der Waals surface area contributed by atoms with Crippen molar-refractivity contribution in [1.29, 1.82) is 0 Å². The number of carbonyl (C=O) groups is 1. The molecule has 0 radical (unpaired) electrons. The molecule has 1 heterocycles. The quantitative estimate of drug-likeness (QED) is 0.868. The van der Waals surface area contributed by atoms with E-state index in [1.807, 2.05) is 5.10 Å². The fourth-order valence-electron chi connectivity index (χ4n) is 1.50. The van der Waals surface area contributed by atoms with Gasteiger partial charge in [-0.05, 0) is 12.1 Å². The van der Waals surface area contributed by atoms with Crippen LogP contribution in [0, 0.1) is 0 Å². The van der Waals surface area contributed by atoms with Crippen molar-refractivity contribution in [3.63, 3.8) is 0 Å². The van der Waals surface area contributed by atoms with Gasteiger partial charge in [-0.2, -0.15) is 18.3 Å². The first-order chi connectivity index (χ1) is 8.39. The lowest BCUT2D eigenvalue weighted by atomic mass is 10.0. The molecule has 0 aliphatic carbocycles. The summed E-state index contributed by atoms with van der Waals surface area (Å²) in [5.74, 6) is -1.22. The molecule has 94 valence electrons. The molecule has 7 heteroatoms. The van der Waals surface area contributed by atoms with Gasteiger partial charge in [-0.15, -0.1) is 0 Å². The third-order valence-corrected chi connectivity index (χ3v) is 2.32. The lowest BCUT2D eigenvalue weighted by molar-refractivity contribution is -0.141. The zero-order chi connectivity index (χ0) is 13.3. The Labute approximate surface area is 99.1 Å². The van der Waals surface area contributed by atoms with E-state index in [4.69, 9.17) is 5.11 Å². The fourth-order valence-corrected chi connectivity index (χ4v) is 1.50. The summed E-state index contributed by atoms with van der Waals surface area (Å²) in [5, 5.41) is 14.3. The number of aromatic carboxylic acids is 1. The van der Waals surface area contributed by atoms with Crippen molar-refractivity contribution >= 4 is 5.97 Å². The predicted molar refractivity (Wildman–Crippen MR) is 56.0 cm³/mol. The minimum atomic E-state index is -4.54. The molecule has 18 heavy (non-hydrogen) atoms. The molecular weight excluding hydrogens is 249 g/mol. The van der Waals surface area contributed by atoms with Gasteiger partial charge in [0.25, 0.3) is 0 Å². The smallest absolute Gasteiger partial charge is 0.432 e. The number of H-pyrrole nitrogens is 1. The number of alkyl halides is 3. The average Bonchev–Trinajstić information content (AvgIpc) is 2.77. The van der Waals surface area contributed by atoms with Crippen molar-refractivity contribution < 1.29 is 23.1 Å². The molecular formula is C11H7F3N2O2. The largest absolute Gasteiger partial charge is 0.478 e. The van der Waals surface area contributed by atoms with Gasteiger partial charge in [0.05, 0.1) is 11.3 Å². The standard InChI is InChI=1S/C11H7F3N2O2/c12-11(13,14)9-5-8(15-16-9)6-3-1-2-4-7(6)10(17)18/h1-5H,(H,15,16)(H,17,18). The Morgan fingerprint density at radius 1 is 1.28 bits per heavy atom. The molecule has 0 atom stereocenters. The Hall–Kier alpha value is -2.31. The van der Waals surface area contributed by atoms with Crippen LogP contribution in [0.5, 0.6) is 0 Å². The Balaban J connectivity index is 2.50. The van der Waals surface area contributed by atoms with Crippen LogP contribution in [0.25, 0.3) is 11.3 Å². The van der Waals surface area contributed by atoms with Gasteiger partial charge in [0.2, 0.25) is 0 Å². The molecule has 0 aliphatic rings. The fraction of sp³-hybridized carbons (Fsp3) is 0.0909. The SMILES string of the molecule is O=C(O)c1ccccc1-c1cc(C(F)(F)F)[nH]n1. The van der Waals surface area contributed by atoms with E-state index in [-0.39, 0.29) is 16.8 Å². The van der Waals surface area contributed by atoms with E-state index in [1.165, 1.54) is 24.3 Å². The summed E-state index contributed by atoms with van der Waals surface area (Å²) in [6.07, 6.45) is -4.54. The van der Waals surface area contributed by atoms with Gasteiger partial charge in [0, 0.05) is 5.56 Å². The molecule has 1 aromatic carbocycles. The highest BCUT2D eigenvalue weighted by molar-refractivity contribution is 5.95. The van der Waals surface area contributed by atoms with Crippen LogP contribution in [-0.4, -0.2) is 21.3 Å². The third-order valence-electron chi connectivity index (χ3n) is 2.32. The molecule has 2 rings (SSSR count). The van der Waals surface area contributed by atoms with Gasteiger partial charge in [0.1, 0.15) is 5.69 Å². The summed E-state index contributed by atoms with van der Waals surface area (Å²) in [4.78, 5) is 10.9. The number of carboxylic acid groups (broad SMARTS) is 1. The predicted octanol–water partition coefficient (Wildman–Crippen LogP) is 2.79. The average molecular weight is 256 g/mol. The van der Waals surface area contributed by atoms with Crippen molar-refractivity contribution in [1.82, 2.24) is 10.2 Å². The maximum absolute atomic E-state index is 12.4. The molecule has 4 nitrogen and oxygen atoms in total. The van der Waals surface area contributed by atoms with Crippen LogP contribution in [0.2, 0.25) is 0 Å². The van der Waals surface area contributed by atoms with E-state index < -0.39 is 17.8 Å². The second-order valence-electron chi connectivity index (χ2n) is 3.52. The van der Waals surface area contributed by atoms with Crippen LogP contribution < -0.4 is 0 Å². The molecule has 0 fully saturated rings. The Morgan fingerprint density at radius 3 is 2.50 bits per heavy atom. The van der Waals surface area contributed by atoms with Gasteiger partial charge in [0.15, 0.2) is 0 Å². The van der Waals surface area contributed by atoms with Crippen LogP contribution in [0.1, 0.15) is 16.1 Å². The van der Waals surface area contributed by atoms with Gasteiger partial charge in [-0.25, -0.2) is 4.79 Å². The first-order valence-corrected chi connectivity index (χ1v) is 4.85. The van der Waals surface area contributed by atoms with Crippen molar-refractivity contribution in [2.24, 2.45) is 0 Å². The summed E-state index contributed by atoms with van der Waals surface area (Å²) < 4.78 is 37.2. The Kier molecular flexibility index (Phi) is 2.82. The van der Waals surface area contributed by atoms with Crippen molar-refractivity contribution in [2.75, 3.05) is 0 Å². The second kappa shape index (κ2) is 4.17. The zero-order valence-corrected chi connectivity index (χ0v) is 8.82. The summed E-state index contributed by atoms with van der Waals surface area (Å²) >= 11 is 0. The van der Waals surface area contributed by atoms with Gasteiger partial charge < -0.3 is 5.11 Å². The molecule has 0 unspecified atom stereocenters. The normalized spacial score (nSPS) is 11.5. The summed E-state index contributed by atoms with van der Waals surface area (Å²) in [6.45, 7) is 0. The molecule has 2 aromatic rings. The number of rotatable bonds is 2. The van der Waals surface area contributed by atoms with Crippen molar-refractivity contribution in [3.05, 3.63) is 41.6 Å². The van der Waals surface area contributed by atoms with Crippen LogP contribution >= 0.6 is 0 Å². The van der Waals surface area contributed by atoms with Crippen LogP contribution in [-0.2, 0) is 6.18 Å². The van der Waals surface area contributed by atoms with Gasteiger partial charge >= 0.3 is 12.1 Å². The minimum Gasteiger partial charge on any atom is -0.478 e. The van der Waals surface area contributed by atoms with Crippen LogP contribution in [0.4, 0.5) is 13.2 Å². The maximum atomic E-state index is 12.4. The number of halogens is 3. The lowest BCUT2D eigenvalue weighted by Gasteiger charge is -2.02. The number of hydrogen-bond donors (Lipinski definition) is 2. The number of aromatic nitrogens is 2. The highest BCUT2D eigenvalue weighted by Gasteiger charge is 2.33. The highest BCUT2D eigenvalue weighted by Crippen LogP contribution is 2.31. The highest BCUT2D eigenvalue weighted by atomic mass is 19.4. The number of benzene rings is 1. The van der Waals surface area contributed by atoms with Crippen LogP contribution in [0.3, 0.4) is 0 Å². The van der Waals surface area contributed by atoms with Gasteiger partial charge in [-0.1, -0.05) is 18.2 Å². The Morgan fingerprint density at radius 2 is 1.94 bits per heavy atom. The third kappa shape index (κ3) is 2.20. The zero-order valence-electron chi connectivity index (χ0n) is 8.82. The van der Waals surface area contributed by atoms with Crippen LogP contribution in [0.15, 0.2) is 30.3 Å². The van der Waals surface area contributed by atoms with E-state index in [0.29, 0.717) is 0 Å². The Bertz CT molecular complexity index is 590. The van der Waals surface area contributed by atoms with E-state index in [1.54, 1.807) is 0 Å². The van der Waals surface area contributed by atoms with E-state index in [0.717, 1.165) is 6.07 Å². The summed E-state index contributed by atoms with van der Waals surface area (Å²) in [7, 11) is 0. The monoisotopic (exact) mass is 256 g/mol. The molecule has 0 aliphatic heterocycles. The lowest BCUT2D eigenvalue weighted by Crippen LogP contribution is -2.04. The number of carboxylic acids is 1. The molecule has 0 bridgehead atoms. The number of aromatic amines is 1. The molecule has 0 saturated heterocycles. The molecule has 0 amide bonds. The summed E-state index contributed by atoms with van der Waals surface area (Å²) in [5.41, 5.74) is -1.03. The number of nitrogens with zero attached hydrogens (tertiary/aromatic N) is 1. The number of nitrogens with one attached hydrogen (secondary N) is 1. The first-order valence-electron chi connectivity index (χ1n) is 4.85. The maximum Gasteiger partial charge on any atom is 0.432 e. The molecule has 0 spiro atoms. The van der Waals surface area contributed by atoms with Crippen molar-refractivity contribution in [3.8, 4) is 11.3 Å². The van der Waals surface area contributed by atoms with Gasteiger partial charge in [-0.3, -0.25) is 5.10 Å². The molecule has 0 saturated carbocycles. The first kappa shape index (κ1) is 12.2. The molecule has 1 aromatic heterocycles. The number of hydrogen-bond acceptors (Lipinski definition) is 2. The van der Waals surface area contributed by atoms with E-state index >= 15 is 0 Å². The minimum absolute atomic E-state index is 0.0553. The molecule has 2 N–H and O–H groups in total. The van der Waals surface area contributed by atoms with E-state index in [9.17, 15) is 18.0 Å². The topological polar surface area (TPSA) is 66.0 Å².